The van der Waals surface area contributed by atoms with Crippen molar-refractivity contribution in [3.05, 3.63) is 34.9 Å². The van der Waals surface area contributed by atoms with E-state index in [9.17, 15) is 0 Å². The number of hydrogen-bond donors (Lipinski definition) is 1. The minimum absolute atomic E-state index is 0.181. The molecule has 0 spiro atoms. The first-order valence-corrected chi connectivity index (χ1v) is 8.34. The summed E-state index contributed by atoms with van der Waals surface area (Å²) in [6.45, 7) is 8.77. The van der Waals surface area contributed by atoms with Crippen LogP contribution in [-0.4, -0.2) is 0 Å². The molecule has 2 N–H and O–H groups in total. The van der Waals surface area contributed by atoms with Gasteiger partial charge in [0.2, 0.25) is 0 Å². The van der Waals surface area contributed by atoms with E-state index in [1.165, 1.54) is 61.6 Å². The minimum Gasteiger partial charge on any atom is -0.322 e. The molecule has 0 heterocycles. The number of hydrogen-bond acceptors (Lipinski definition) is 1. The van der Waals surface area contributed by atoms with Crippen molar-refractivity contribution in [2.75, 3.05) is 0 Å². The van der Waals surface area contributed by atoms with E-state index in [2.05, 4.69) is 45.9 Å². The van der Waals surface area contributed by atoms with Gasteiger partial charge >= 0.3 is 0 Å². The van der Waals surface area contributed by atoms with Crippen LogP contribution in [0.2, 0.25) is 0 Å². The number of benzene rings is 1. The molecule has 0 aromatic heterocycles. The number of nitrogens with two attached hydrogens (primary N) is 1. The summed E-state index contributed by atoms with van der Waals surface area (Å²) in [6.07, 6.45) is 10.5. The normalized spacial score (nSPS) is 14.2. The third kappa shape index (κ3) is 5.66. The van der Waals surface area contributed by atoms with Gasteiger partial charge in [-0.1, -0.05) is 75.6 Å². The van der Waals surface area contributed by atoms with Gasteiger partial charge in [-0.25, -0.2) is 0 Å². The lowest BCUT2D eigenvalue weighted by Crippen LogP contribution is -2.33. The summed E-state index contributed by atoms with van der Waals surface area (Å²) < 4.78 is 0. The van der Waals surface area contributed by atoms with Crippen molar-refractivity contribution in [1.82, 2.24) is 0 Å². The van der Waals surface area contributed by atoms with Gasteiger partial charge in [0.05, 0.1) is 0 Å². The van der Waals surface area contributed by atoms with Crippen molar-refractivity contribution in [1.29, 1.82) is 0 Å². The molecule has 1 heteroatoms. The first-order chi connectivity index (χ1) is 9.47. The molecule has 1 aromatic rings. The molecule has 0 aliphatic carbocycles. The zero-order valence-corrected chi connectivity index (χ0v) is 14.0. The van der Waals surface area contributed by atoms with Gasteiger partial charge in [0.25, 0.3) is 0 Å². The Morgan fingerprint density at radius 1 is 0.950 bits per heavy atom. The molecule has 1 aromatic carbocycles. The zero-order chi connectivity index (χ0) is 15.0. The Hall–Kier alpha value is -0.820. The van der Waals surface area contributed by atoms with E-state index >= 15 is 0 Å². The lowest BCUT2D eigenvalue weighted by molar-refractivity contribution is 0.419. The van der Waals surface area contributed by atoms with E-state index in [0.717, 1.165) is 6.42 Å². The Bertz CT molecular complexity index is 393. The van der Waals surface area contributed by atoms with Crippen molar-refractivity contribution >= 4 is 0 Å². The summed E-state index contributed by atoms with van der Waals surface area (Å²) in [5.41, 5.74) is 10.3. The molecule has 20 heavy (non-hydrogen) atoms. The van der Waals surface area contributed by atoms with Crippen LogP contribution in [0.5, 0.6) is 0 Å². The second-order valence-electron chi connectivity index (χ2n) is 6.61. The van der Waals surface area contributed by atoms with Crippen molar-refractivity contribution in [2.45, 2.75) is 84.6 Å². The standard InChI is InChI=1S/C19H33N/c1-5-6-7-8-9-10-11-14-19(4,20)18-15-16(2)12-13-17(18)3/h12-13,15H,5-11,14,20H2,1-4H3. The zero-order valence-electron chi connectivity index (χ0n) is 14.0. The Balaban J connectivity index is 2.39. The molecule has 0 fully saturated rings. The van der Waals surface area contributed by atoms with Gasteiger partial charge in [-0.05, 0) is 38.3 Å². The first-order valence-electron chi connectivity index (χ1n) is 8.34. The van der Waals surface area contributed by atoms with Crippen molar-refractivity contribution in [3.63, 3.8) is 0 Å². The quantitative estimate of drug-likeness (QED) is 0.582. The highest BCUT2D eigenvalue weighted by Gasteiger charge is 2.22. The van der Waals surface area contributed by atoms with Crippen LogP contribution in [0.3, 0.4) is 0 Å². The van der Waals surface area contributed by atoms with E-state index in [-0.39, 0.29) is 5.54 Å². The van der Waals surface area contributed by atoms with E-state index in [4.69, 9.17) is 5.73 Å². The smallest absolute Gasteiger partial charge is 0.0383 e. The highest BCUT2D eigenvalue weighted by Crippen LogP contribution is 2.28. The van der Waals surface area contributed by atoms with E-state index in [1.807, 2.05) is 0 Å². The molecule has 1 rings (SSSR count). The van der Waals surface area contributed by atoms with Crippen LogP contribution in [0.15, 0.2) is 18.2 Å². The fourth-order valence-electron chi connectivity index (χ4n) is 2.94. The van der Waals surface area contributed by atoms with Gasteiger partial charge < -0.3 is 5.73 Å². The summed E-state index contributed by atoms with van der Waals surface area (Å²) >= 11 is 0. The number of unbranched alkanes of at least 4 members (excludes halogenated alkanes) is 6. The molecule has 0 amide bonds. The highest BCUT2D eigenvalue weighted by molar-refractivity contribution is 5.35. The summed E-state index contributed by atoms with van der Waals surface area (Å²) in [4.78, 5) is 0. The lowest BCUT2D eigenvalue weighted by Gasteiger charge is -2.27. The van der Waals surface area contributed by atoms with Crippen LogP contribution in [0, 0.1) is 13.8 Å². The van der Waals surface area contributed by atoms with Gasteiger partial charge in [0, 0.05) is 5.54 Å². The van der Waals surface area contributed by atoms with Crippen LogP contribution in [-0.2, 0) is 5.54 Å². The molecular weight excluding hydrogens is 242 g/mol. The summed E-state index contributed by atoms with van der Waals surface area (Å²) in [5, 5.41) is 0. The molecule has 1 nitrogen and oxygen atoms in total. The first kappa shape index (κ1) is 17.2. The van der Waals surface area contributed by atoms with Gasteiger partial charge in [-0.2, -0.15) is 0 Å². The Kier molecular flexibility index (Phi) is 7.29. The maximum Gasteiger partial charge on any atom is 0.0383 e. The molecule has 1 unspecified atom stereocenters. The third-order valence-corrected chi connectivity index (χ3v) is 4.31. The second kappa shape index (κ2) is 8.46. The predicted octanol–water partition coefficient (Wildman–Crippen LogP) is 5.62. The Labute approximate surface area is 126 Å². The molecule has 0 aliphatic rings. The average Bonchev–Trinajstić information content (AvgIpc) is 2.40. The van der Waals surface area contributed by atoms with Crippen molar-refractivity contribution in [2.24, 2.45) is 5.73 Å². The predicted molar refractivity (Wildman–Crippen MR) is 90.1 cm³/mol. The van der Waals surface area contributed by atoms with Crippen LogP contribution >= 0.6 is 0 Å². The number of aryl methyl sites for hydroxylation is 2. The molecule has 0 aliphatic heterocycles. The van der Waals surface area contributed by atoms with Gasteiger partial charge in [0.15, 0.2) is 0 Å². The summed E-state index contributed by atoms with van der Waals surface area (Å²) in [5.74, 6) is 0. The Morgan fingerprint density at radius 3 is 2.20 bits per heavy atom. The molecule has 114 valence electrons. The van der Waals surface area contributed by atoms with Crippen LogP contribution in [0.1, 0.15) is 81.9 Å². The van der Waals surface area contributed by atoms with Crippen LogP contribution in [0.4, 0.5) is 0 Å². The monoisotopic (exact) mass is 275 g/mol. The molecule has 0 saturated carbocycles. The average molecular weight is 275 g/mol. The Morgan fingerprint density at radius 2 is 1.55 bits per heavy atom. The third-order valence-electron chi connectivity index (χ3n) is 4.31. The molecule has 0 saturated heterocycles. The SMILES string of the molecule is CCCCCCCCCC(C)(N)c1cc(C)ccc1C. The van der Waals surface area contributed by atoms with Gasteiger partial charge in [-0.15, -0.1) is 0 Å². The maximum absolute atomic E-state index is 6.57. The highest BCUT2D eigenvalue weighted by atomic mass is 14.7. The fourth-order valence-corrected chi connectivity index (χ4v) is 2.94. The number of rotatable bonds is 9. The van der Waals surface area contributed by atoms with Crippen molar-refractivity contribution in [3.8, 4) is 0 Å². The molecular formula is C19H33N. The lowest BCUT2D eigenvalue weighted by atomic mass is 9.84. The topological polar surface area (TPSA) is 26.0 Å². The minimum atomic E-state index is -0.181. The molecule has 0 radical (unpaired) electrons. The molecule has 1 atom stereocenters. The van der Waals surface area contributed by atoms with Gasteiger partial charge in [0.1, 0.15) is 0 Å². The van der Waals surface area contributed by atoms with Crippen LogP contribution < -0.4 is 5.73 Å². The van der Waals surface area contributed by atoms with Gasteiger partial charge in [-0.3, -0.25) is 0 Å². The molecule has 0 bridgehead atoms. The fraction of sp³-hybridized carbons (Fsp3) is 0.684. The van der Waals surface area contributed by atoms with E-state index in [0.29, 0.717) is 0 Å². The second-order valence-corrected chi connectivity index (χ2v) is 6.61. The van der Waals surface area contributed by atoms with Crippen LogP contribution in [0.25, 0.3) is 0 Å². The van der Waals surface area contributed by atoms with Crippen molar-refractivity contribution < 1.29 is 0 Å². The summed E-state index contributed by atoms with van der Waals surface area (Å²) in [6, 6.07) is 6.62. The van der Waals surface area contributed by atoms with E-state index in [1.54, 1.807) is 0 Å². The largest absolute Gasteiger partial charge is 0.322 e. The van der Waals surface area contributed by atoms with E-state index < -0.39 is 0 Å². The summed E-state index contributed by atoms with van der Waals surface area (Å²) in [7, 11) is 0. The maximum atomic E-state index is 6.57.